The molecule has 2 amide bonds. The SMILES string of the molecule is CCN(CC)C(=O)c1nc(CNC(=O)c2ccsc2)oc1C. The van der Waals surface area contributed by atoms with Gasteiger partial charge in [0, 0.05) is 24.0 Å². The van der Waals surface area contributed by atoms with Crippen LogP contribution in [-0.2, 0) is 6.54 Å². The molecule has 118 valence electrons. The number of hydrogen-bond donors (Lipinski definition) is 1. The summed E-state index contributed by atoms with van der Waals surface area (Å²) in [6.07, 6.45) is 0. The van der Waals surface area contributed by atoms with E-state index in [1.165, 1.54) is 11.3 Å². The predicted molar refractivity (Wildman–Crippen MR) is 84.0 cm³/mol. The summed E-state index contributed by atoms with van der Waals surface area (Å²) < 4.78 is 5.47. The number of carbonyl (C=O) groups is 2. The number of aryl methyl sites for hydroxylation is 1. The monoisotopic (exact) mass is 321 g/mol. The number of rotatable bonds is 6. The van der Waals surface area contributed by atoms with Crippen LogP contribution in [0.3, 0.4) is 0 Å². The second-order valence-electron chi connectivity index (χ2n) is 4.68. The van der Waals surface area contributed by atoms with Crippen LogP contribution in [0.25, 0.3) is 0 Å². The summed E-state index contributed by atoms with van der Waals surface area (Å²) in [4.78, 5) is 30.0. The number of nitrogens with zero attached hydrogens (tertiary/aromatic N) is 2. The maximum Gasteiger partial charge on any atom is 0.276 e. The summed E-state index contributed by atoms with van der Waals surface area (Å²) in [6, 6.07) is 1.75. The van der Waals surface area contributed by atoms with E-state index in [0.29, 0.717) is 36.0 Å². The van der Waals surface area contributed by atoms with Crippen LogP contribution in [0.2, 0.25) is 0 Å². The molecule has 2 rings (SSSR count). The van der Waals surface area contributed by atoms with Crippen molar-refractivity contribution in [2.45, 2.75) is 27.3 Å². The van der Waals surface area contributed by atoms with Gasteiger partial charge in [-0.25, -0.2) is 4.98 Å². The highest BCUT2D eigenvalue weighted by atomic mass is 32.1. The van der Waals surface area contributed by atoms with Crippen molar-refractivity contribution in [1.29, 1.82) is 0 Å². The van der Waals surface area contributed by atoms with Crippen molar-refractivity contribution in [2.24, 2.45) is 0 Å². The third-order valence-corrected chi connectivity index (χ3v) is 3.96. The Morgan fingerprint density at radius 2 is 2.09 bits per heavy atom. The molecule has 0 bridgehead atoms. The van der Waals surface area contributed by atoms with Gasteiger partial charge in [-0.15, -0.1) is 0 Å². The summed E-state index contributed by atoms with van der Waals surface area (Å²) in [6.45, 7) is 6.92. The Morgan fingerprint density at radius 3 is 2.68 bits per heavy atom. The van der Waals surface area contributed by atoms with E-state index >= 15 is 0 Å². The molecule has 6 nitrogen and oxygen atoms in total. The molecule has 0 atom stereocenters. The van der Waals surface area contributed by atoms with Gasteiger partial charge in [-0.3, -0.25) is 9.59 Å². The molecule has 22 heavy (non-hydrogen) atoms. The van der Waals surface area contributed by atoms with E-state index in [9.17, 15) is 9.59 Å². The van der Waals surface area contributed by atoms with Crippen molar-refractivity contribution in [3.8, 4) is 0 Å². The van der Waals surface area contributed by atoms with Gasteiger partial charge in [-0.05, 0) is 32.2 Å². The number of thiophene rings is 1. The number of aromatic nitrogens is 1. The molecular weight excluding hydrogens is 302 g/mol. The maximum absolute atomic E-state index is 12.3. The average Bonchev–Trinajstić information content (AvgIpc) is 3.15. The Labute approximate surface area is 133 Å². The Kier molecular flexibility index (Phi) is 5.32. The van der Waals surface area contributed by atoms with Crippen LogP contribution in [-0.4, -0.2) is 34.8 Å². The van der Waals surface area contributed by atoms with Crippen LogP contribution in [0.1, 0.15) is 46.3 Å². The lowest BCUT2D eigenvalue weighted by atomic mass is 10.3. The highest BCUT2D eigenvalue weighted by Gasteiger charge is 2.21. The normalized spacial score (nSPS) is 10.5. The van der Waals surface area contributed by atoms with E-state index < -0.39 is 0 Å². The molecule has 1 N–H and O–H groups in total. The molecule has 2 aromatic rings. The van der Waals surface area contributed by atoms with E-state index in [4.69, 9.17) is 4.42 Å². The topological polar surface area (TPSA) is 75.4 Å². The number of hydrogen-bond acceptors (Lipinski definition) is 5. The van der Waals surface area contributed by atoms with Gasteiger partial charge in [0.2, 0.25) is 5.89 Å². The molecule has 0 saturated carbocycles. The third-order valence-electron chi connectivity index (χ3n) is 3.28. The number of oxazole rings is 1. The number of amides is 2. The first-order valence-electron chi connectivity index (χ1n) is 7.12. The molecule has 0 fully saturated rings. The van der Waals surface area contributed by atoms with E-state index in [0.717, 1.165) is 0 Å². The van der Waals surface area contributed by atoms with Crippen molar-refractivity contribution in [2.75, 3.05) is 13.1 Å². The Morgan fingerprint density at radius 1 is 1.36 bits per heavy atom. The molecule has 0 aliphatic heterocycles. The van der Waals surface area contributed by atoms with Crippen molar-refractivity contribution >= 4 is 23.2 Å². The van der Waals surface area contributed by atoms with Crippen molar-refractivity contribution in [1.82, 2.24) is 15.2 Å². The fourth-order valence-electron chi connectivity index (χ4n) is 2.04. The van der Waals surface area contributed by atoms with Crippen LogP contribution in [0.5, 0.6) is 0 Å². The molecule has 0 saturated heterocycles. The van der Waals surface area contributed by atoms with E-state index in [2.05, 4.69) is 10.3 Å². The summed E-state index contributed by atoms with van der Waals surface area (Å²) in [5.41, 5.74) is 0.913. The van der Waals surface area contributed by atoms with Crippen LogP contribution >= 0.6 is 11.3 Å². The second-order valence-corrected chi connectivity index (χ2v) is 5.46. The first kappa shape index (κ1) is 16.2. The third kappa shape index (κ3) is 3.54. The molecule has 7 heteroatoms. The summed E-state index contributed by atoms with van der Waals surface area (Å²) >= 11 is 1.46. The Bertz CT molecular complexity index is 645. The molecule has 0 spiro atoms. The van der Waals surface area contributed by atoms with Crippen LogP contribution in [0.15, 0.2) is 21.2 Å². The molecule has 0 aliphatic rings. The zero-order valence-corrected chi connectivity index (χ0v) is 13.7. The van der Waals surface area contributed by atoms with Crippen LogP contribution in [0.4, 0.5) is 0 Å². The molecule has 2 heterocycles. The zero-order chi connectivity index (χ0) is 16.1. The van der Waals surface area contributed by atoms with Crippen LogP contribution in [0, 0.1) is 6.92 Å². The van der Waals surface area contributed by atoms with Gasteiger partial charge in [0.25, 0.3) is 11.8 Å². The Balaban J connectivity index is 2.03. The molecule has 0 radical (unpaired) electrons. The zero-order valence-electron chi connectivity index (χ0n) is 12.9. The quantitative estimate of drug-likeness (QED) is 0.887. The maximum atomic E-state index is 12.3. The minimum atomic E-state index is -0.186. The fourth-order valence-corrected chi connectivity index (χ4v) is 2.67. The first-order chi connectivity index (χ1) is 10.6. The van der Waals surface area contributed by atoms with Gasteiger partial charge >= 0.3 is 0 Å². The van der Waals surface area contributed by atoms with E-state index in [1.54, 1.807) is 23.3 Å². The standard InChI is InChI=1S/C15H19N3O3S/c1-4-18(5-2)15(20)13-10(3)21-12(17-13)8-16-14(19)11-6-7-22-9-11/h6-7,9H,4-5,8H2,1-3H3,(H,16,19). The summed E-state index contributed by atoms with van der Waals surface area (Å²) in [5, 5.41) is 6.33. The van der Waals surface area contributed by atoms with Crippen molar-refractivity contribution in [3.05, 3.63) is 39.7 Å². The highest BCUT2D eigenvalue weighted by Crippen LogP contribution is 2.13. The van der Waals surface area contributed by atoms with Gasteiger partial charge in [-0.1, -0.05) is 0 Å². The van der Waals surface area contributed by atoms with Crippen molar-refractivity contribution in [3.63, 3.8) is 0 Å². The second kappa shape index (κ2) is 7.22. The highest BCUT2D eigenvalue weighted by molar-refractivity contribution is 7.08. The lowest BCUT2D eigenvalue weighted by molar-refractivity contribution is 0.0766. The van der Waals surface area contributed by atoms with E-state index in [1.807, 2.05) is 19.2 Å². The van der Waals surface area contributed by atoms with Gasteiger partial charge in [-0.2, -0.15) is 11.3 Å². The summed E-state index contributed by atoms with van der Waals surface area (Å²) in [5.74, 6) is 0.462. The van der Waals surface area contributed by atoms with Gasteiger partial charge in [0.1, 0.15) is 5.76 Å². The van der Waals surface area contributed by atoms with Crippen LogP contribution < -0.4 is 5.32 Å². The Hall–Kier alpha value is -2.15. The summed E-state index contributed by atoms with van der Waals surface area (Å²) in [7, 11) is 0. The van der Waals surface area contributed by atoms with Gasteiger partial charge < -0.3 is 14.6 Å². The molecule has 0 aromatic carbocycles. The largest absolute Gasteiger partial charge is 0.443 e. The number of carbonyl (C=O) groups excluding carboxylic acids is 2. The molecular formula is C15H19N3O3S. The smallest absolute Gasteiger partial charge is 0.276 e. The lowest BCUT2D eigenvalue weighted by Gasteiger charge is -2.16. The predicted octanol–water partition coefficient (Wildman–Crippen LogP) is 2.46. The average molecular weight is 321 g/mol. The molecule has 0 unspecified atom stereocenters. The minimum absolute atomic E-state index is 0.151. The van der Waals surface area contributed by atoms with Crippen molar-refractivity contribution < 1.29 is 14.0 Å². The van der Waals surface area contributed by atoms with Gasteiger partial charge in [0.05, 0.1) is 6.54 Å². The van der Waals surface area contributed by atoms with Gasteiger partial charge in [0.15, 0.2) is 5.69 Å². The molecule has 0 aliphatic carbocycles. The first-order valence-corrected chi connectivity index (χ1v) is 8.07. The number of nitrogens with one attached hydrogen (secondary N) is 1. The fraction of sp³-hybridized carbons (Fsp3) is 0.400. The minimum Gasteiger partial charge on any atom is -0.443 e. The molecule has 2 aromatic heterocycles. The van der Waals surface area contributed by atoms with E-state index in [-0.39, 0.29) is 18.4 Å². The lowest BCUT2D eigenvalue weighted by Crippen LogP contribution is -2.31.